The minimum atomic E-state index is -4.61. The van der Waals surface area contributed by atoms with Crippen LogP contribution in [0.5, 0.6) is 5.75 Å². The molecule has 0 bridgehead atoms. The Morgan fingerprint density at radius 3 is 2.46 bits per heavy atom. The SMILES string of the molecule is COc1ccc(-c2nc(C(F)(F)F)n3c2CN(C(=O)O)CC3)cc1. The molecule has 2 heterocycles. The van der Waals surface area contributed by atoms with Crippen molar-refractivity contribution >= 4 is 6.09 Å². The number of imidazole rings is 1. The van der Waals surface area contributed by atoms with E-state index >= 15 is 0 Å². The third kappa shape index (κ3) is 2.77. The summed E-state index contributed by atoms with van der Waals surface area (Å²) in [6.07, 6.45) is -5.78. The van der Waals surface area contributed by atoms with Gasteiger partial charge in [-0.15, -0.1) is 0 Å². The molecule has 3 rings (SSSR count). The molecule has 1 aliphatic heterocycles. The lowest BCUT2D eigenvalue weighted by atomic mass is 10.1. The van der Waals surface area contributed by atoms with Crippen LogP contribution < -0.4 is 4.74 Å². The molecule has 24 heavy (non-hydrogen) atoms. The molecule has 128 valence electrons. The number of benzene rings is 1. The molecular formula is C15H14F3N3O3. The van der Waals surface area contributed by atoms with Crippen LogP contribution in [0.1, 0.15) is 11.5 Å². The van der Waals surface area contributed by atoms with Gasteiger partial charge >= 0.3 is 12.3 Å². The Bertz CT molecular complexity index is 769. The highest BCUT2D eigenvalue weighted by molar-refractivity contribution is 5.68. The van der Waals surface area contributed by atoms with Gasteiger partial charge in [-0.05, 0) is 24.3 Å². The Kier molecular flexibility index (Phi) is 3.86. The maximum absolute atomic E-state index is 13.2. The summed E-state index contributed by atoms with van der Waals surface area (Å²) in [7, 11) is 1.49. The zero-order valence-electron chi connectivity index (χ0n) is 12.7. The van der Waals surface area contributed by atoms with Gasteiger partial charge in [0.1, 0.15) is 5.75 Å². The van der Waals surface area contributed by atoms with Crippen LogP contribution >= 0.6 is 0 Å². The Balaban J connectivity index is 2.11. The summed E-state index contributed by atoms with van der Waals surface area (Å²) in [5.41, 5.74) is 0.847. The van der Waals surface area contributed by atoms with Gasteiger partial charge in [0.25, 0.3) is 0 Å². The minimum absolute atomic E-state index is 0.0101. The Morgan fingerprint density at radius 2 is 1.92 bits per heavy atom. The average molecular weight is 341 g/mol. The van der Waals surface area contributed by atoms with Crippen molar-refractivity contribution in [3.63, 3.8) is 0 Å². The van der Waals surface area contributed by atoms with Gasteiger partial charge in [0.2, 0.25) is 5.82 Å². The van der Waals surface area contributed by atoms with Crippen molar-refractivity contribution in [1.29, 1.82) is 0 Å². The predicted molar refractivity (Wildman–Crippen MR) is 77.7 cm³/mol. The number of carboxylic acid groups (broad SMARTS) is 1. The third-order valence-electron chi connectivity index (χ3n) is 3.89. The van der Waals surface area contributed by atoms with E-state index in [1.165, 1.54) is 7.11 Å². The Labute approximate surface area is 135 Å². The van der Waals surface area contributed by atoms with Crippen LogP contribution in [0.15, 0.2) is 24.3 Å². The van der Waals surface area contributed by atoms with Gasteiger partial charge < -0.3 is 19.3 Å². The van der Waals surface area contributed by atoms with Gasteiger partial charge in [-0.2, -0.15) is 13.2 Å². The quantitative estimate of drug-likeness (QED) is 0.912. The molecule has 1 aromatic carbocycles. The van der Waals surface area contributed by atoms with E-state index in [9.17, 15) is 18.0 Å². The van der Waals surface area contributed by atoms with Gasteiger partial charge in [0.05, 0.1) is 25.0 Å². The normalized spacial score (nSPS) is 14.4. The zero-order valence-corrected chi connectivity index (χ0v) is 12.7. The van der Waals surface area contributed by atoms with Crippen LogP contribution in [0.25, 0.3) is 11.3 Å². The van der Waals surface area contributed by atoms with Crippen molar-refractivity contribution in [3.8, 4) is 17.0 Å². The van der Waals surface area contributed by atoms with Crippen LogP contribution in [0.3, 0.4) is 0 Å². The summed E-state index contributed by atoms with van der Waals surface area (Å²) in [4.78, 5) is 16.0. The van der Waals surface area contributed by atoms with Crippen molar-refractivity contribution in [1.82, 2.24) is 14.5 Å². The number of rotatable bonds is 2. The first kappa shape index (κ1) is 16.2. The van der Waals surface area contributed by atoms with Gasteiger partial charge in [0.15, 0.2) is 0 Å². The first-order valence-electron chi connectivity index (χ1n) is 7.10. The second kappa shape index (κ2) is 5.73. The summed E-state index contributed by atoms with van der Waals surface area (Å²) >= 11 is 0. The summed E-state index contributed by atoms with van der Waals surface area (Å²) in [6.45, 7) is -0.233. The summed E-state index contributed by atoms with van der Waals surface area (Å²) in [5, 5.41) is 9.12. The molecule has 1 amide bonds. The summed E-state index contributed by atoms with van der Waals surface area (Å²) in [6, 6.07) is 6.43. The van der Waals surface area contributed by atoms with E-state index in [-0.39, 0.29) is 31.0 Å². The van der Waals surface area contributed by atoms with Crippen molar-refractivity contribution in [2.24, 2.45) is 0 Å². The van der Waals surface area contributed by atoms with Crippen LogP contribution in [0.2, 0.25) is 0 Å². The third-order valence-corrected chi connectivity index (χ3v) is 3.89. The van der Waals surface area contributed by atoms with E-state index in [0.717, 1.165) is 9.47 Å². The molecular weight excluding hydrogens is 327 g/mol. The number of halogens is 3. The average Bonchev–Trinajstić information content (AvgIpc) is 2.93. The number of alkyl halides is 3. The number of methoxy groups -OCH3 is 1. The lowest BCUT2D eigenvalue weighted by Crippen LogP contribution is -2.38. The molecule has 9 heteroatoms. The number of fused-ring (bicyclic) bond motifs is 1. The second-order valence-corrected chi connectivity index (χ2v) is 5.31. The molecule has 0 saturated heterocycles. The Morgan fingerprint density at radius 1 is 1.25 bits per heavy atom. The molecule has 0 radical (unpaired) electrons. The van der Waals surface area contributed by atoms with Gasteiger partial charge in [-0.25, -0.2) is 9.78 Å². The smallest absolute Gasteiger partial charge is 0.449 e. The van der Waals surface area contributed by atoms with Crippen LogP contribution in [0, 0.1) is 0 Å². The highest BCUT2D eigenvalue weighted by Gasteiger charge is 2.40. The summed E-state index contributed by atoms with van der Waals surface area (Å²) < 4.78 is 45.8. The molecule has 0 fully saturated rings. The number of aromatic nitrogens is 2. The molecule has 1 aromatic heterocycles. The molecule has 0 spiro atoms. The van der Waals surface area contributed by atoms with E-state index in [1.54, 1.807) is 24.3 Å². The standard InChI is InChI=1S/C15H14F3N3O3/c1-24-10-4-2-9(3-5-10)12-11-8-20(14(22)23)6-7-21(11)13(19-12)15(16,17)18/h2-5H,6-8H2,1H3,(H,22,23). The van der Waals surface area contributed by atoms with E-state index in [0.29, 0.717) is 11.3 Å². The van der Waals surface area contributed by atoms with E-state index in [1.807, 2.05) is 0 Å². The van der Waals surface area contributed by atoms with Crippen molar-refractivity contribution in [2.45, 2.75) is 19.3 Å². The fraction of sp³-hybridized carbons (Fsp3) is 0.333. The zero-order chi connectivity index (χ0) is 17.5. The highest BCUT2D eigenvalue weighted by Crippen LogP contribution is 2.36. The second-order valence-electron chi connectivity index (χ2n) is 5.31. The lowest BCUT2D eigenvalue weighted by molar-refractivity contribution is -0.147. The molecule has 0 saturated carbocycles. The van der Waals surface area contributed by atoms with Gasteiger partial charge in [-0.3, -0.25) is 0 Å². The lowest BCUT2D eigenvalue weighted by Gasteiger charge is -2.27. The number of carbonyl (C=O) groups is 1. The fourth-order valence-electron chi connectivity index (χ4n) is 2.73. The van der Waals surface area contributed by atoms with Gasteiger partial charge in [-0.1, -0.05) is 0 Å². The maximum atomic E-state index is 13.2. The molecule has 0 unspecified atom stereocenters. The largest absolute Gasteiger partial charge is 0.497 e. The predicted octanol–water partition coefficient (Wildman–Crippen LogP) is 3.07. The van der Waals surface area contributed by atoms with Crippen molar-refractivity contribution in [3.05, 3.63) is 35.8 Å². The first-order valence-corrected chi connectivity index (χ1v) is 7.10. The van der Waals surface area contributed by atoms with Crippen LogP contribution in [-0.2, 0) is 19.3 Å². The Hall–Kier alpha value is -2.71. The van der Waals surface area contributed by atoms with Crippen LogP contribution in [0.4, 0.5) is 18.0 Å². The molecule has 0 atom stereocenters. The molecule has 6 nitrogen and oxygen atoms in total. The van der Waals surface area contributed by atoms with Crippen molar-refractivity contribution < 1.29 is 27.8 Å². The molecule has 1 N–H and O–H groups in total. The van der Waals surface area contributed by atoms with Crippen molar-refractivity contribution in [2.75, 3.05) is 13.7 Å². The number of ether oxygens (including phenoxy) is 1. The minimum Gasteiger partial charge on any atom is -0.497 e. The van der Waals surface area contributed by atoms with Crippen LogP contribution in [-0.4, -0.2) is 39.3 Å². The molecule has 2 aromatic rings. The number of nitrogens with zero attached hydrogens (tertiary/aromatic N) is 3. The monoisotopic (exact) mass is 341 g/mol. The highest BCUT2D eigenvalue weighted by atomic mass is 19.4. The number of hydrogen-bond acceptors (Lipinski definition) is 3. The molecule has 1 aliphatic rings. The van der Waals surface area contributed by atoms with Gasteiger partial charge in [0, 0.05) is 18.7 Å². The van der Waals surface area contributed by atoms with E-state index in [4.69, 9.17) is 9.84 Å². The van der Waals surface area contributed by atoms with E-state index < -0.39 is 18.1 Å². The first-order chi connectivity index (χ1) is 11.3. The van der Waals surface area contributed by atoms with E-state index in [2.05, 4.69) is 4.98 Å². The molecule has 0 aliphatic carbocycles. The number of hydrogen-bond donors (Lipinski definition) is 1. The topological polar surface area (TPSA) is 67.6 Å². The fourth-order valence-corrected chi connectivity index (χ4v) is 2.73. The maximum Gasteiger partial charge on any atom is 0.449 e. The summed E-state index contributed by atoms with van der Waals surface area (Å²) in [5.74, 6) is -0.441. The number of amides is 1.